The normalized spacial score (nSPS) is 12.2. The van der Waals surface area contributed by atoms with E-state index in [-0.39, 0.29) is 19.1 Å². The monoisotopic (exact) mass is 579 g/mol. The van der Waals surface area contributed by atoms with E-state index in [1.54, 1.807) is 10.4 Å². The summed E-state index contributed by atoms with van der Waals surface area (Å²) in [5, 5.41) is 10.4. The molecule has 0 atom stereocenters. The lowest BCUT2D eigenvalue weighted by atomic mass is 9.98. The molecule has 0 bridgehead atoms. The van der Waals surface area contributed by atoms with Gasteiger partial charge in [-0.15, -0.1) is 0 Å². The van der Waals surface area contributed by atoms with Gasteiger partial charge < -0.3 is 9.84 Å². The first-order chi connectivity index (χ1) is 17.5. The highest BCUT2D eigenvalue weighted by atomic mass is 79.9. The SMILES string of the molecule is O=C(OCC1c2ccccc2-c2ccccc21)N(Cc1cccc(Cl)c1)Sc1cc(Br)ccc1CO. The second kappa shape index (κ2) is 11.1. The van der Waals surface area contributed by atoms with E-state index >= 15 is 0 Å². The van der Waals surface area contributed by atoms with Crippen molar-refractivity contribution in [3.8, 4) is 11.1 Å². The number of rotatable bonds is 7. The molecule has 0 aliphatic heterocycles. The van der Waals surface area contributed by atoms with Crippen molar-refractivity contribution >= 4 is 45.6 Å². The highest BCUT2D eigenvalue weighted by Crippen LogP contribution is 2.44. The molecule has 7 heteroatoms. The fraction of sp³-hybridized carbons (Fsp3) is 0.138. The van der Waals surface area contributed by atoms with Gasteiger partial charge in [0.1, 0.15) is 6.61 Å². The zero-order chi connectivity index (χ0) is 25.1. The van der Waals surface area contributed by atoms with Crippen LogP contribution in [0.5, 0.6) is 0 Å². The van der Waals surface area contributed by atoms with Gasteiger partial charge in [0.15, 0.2) is 0 Å². The minimum absolute atomic E-state index is 0.0294. The summed E-state index contributed by atoms with van der Waals surface area (Å²) >= 11 is 10.9. The second-order valence-electron chi connectivity index (χ2n) is 8.47. The van der Waals surface area contributed by atoms with Gasteiger partial charge in [-0.05, 0) is 69.6 Å². The third kappa shape index (κ3) is 5.32. The number of fused-ring (bicyclic) bond motifs is 3. The first kappa shape index (κ1) is 24.9. The van der Waals surface area contributed by atoms with Gasteiger partial charge >= 0.3 is 6.09 Å². The molecule has 36 heavy (non-hydrogen) atoms. The molecule has 4 aromatic rings. The number of amides is 1. The Labute approximate surface area is 228 Å². The van der Waals surface area contributed by atoms with Crippen LogP contribution in [0.1, 0.15) is 28.2 Å². The van der Waals surface area contributed by atoms with Gasteiger partial charge in [-0.1, -0.05) is 94.3 Å². The van der Waals surface area contributed by atoms with Crippen LogP contribution in [0.4, 0.5) is 4.79 Å². The maximum absolute atomic E-state index is 13.5. The van der Waals surface area contributed by atoms with Crippen LogP contribution in [-0.2, 0) is 17.9 Å². The molecule has 182 valence electrons. The summed E-state index contributed by atoms with van der Waals surface area (Å²) in [5.41, 5.74) is 6.29. The standard InChI is InChI=1S/C29H23BrClNO3S/c30-21-13-12-20(17-33)28(15-21)36-32(16-19-6-5-7-22(31)14-19)29(34)35-18-27-25-10-3-1-8-23(25)24-9-2-4-11-26(24)27/h1-15,27,33H,16-18H2. The molecule has 5 rings (SSSR count). The molecule has 0 spiro atoms. The number of nitrogens with zero attached hydrogens (tertiary/aromatic N) is 1. The topological polar surface area (TPSA) is 49.8 Å². The van der Waals surface area contributed by atoms with E-state index in [4.69, 9.17) is 16.3 Å². The maximum Gasteiger partial charge on any atom is 0.420 e. The van der Waals surface area contributed by atoms with Gasteiger partial charge in [0.05, 0.1) is 13.2 Å². The van der Waals surface area contributed by atoms with Crippen LogP contribution in [0.3, 0.4) is 0 Å². The largest absolute Gasteiger partial charge is 0.448 e. The predicted molar refractivity (Wildman–Crippen MR) is 148 cm³/mol. The number of benzene rings is 4. The van der Waals surface area contributed by atoms with E-state index in [0.29, 0.717) is 11.6 Å². The minimum atomic E-state index is -0.453. The lowest BCUT2D eigenvalue weighted by Crippen LogP contribution is -2.26. The third-order valence-electron chi connectivity index (χ3n) is 6.16. The van der Waals surface area contributed by atoms with Gasteiger partial charge in [0.25, 0.3) is 0 Å². The molecule has 1 amide bonds. The van der Waals surface area contributed by atoms with Crippen LogP contribution < -0.4 is 0 Å². The molecule has 4 aromatic carbocycles. The zero-order valence-corrected chi connectivity index (χ0v) is 22.4. The van der Waals surface area contributed by atoms with Gasteiger partial charge in [-0.2, -0.15) is 0 Å². The molecule has 1 aliphatic carbocycles. The number of hydrogen-bond acceptors (Lipinski definition) is 4. The molecule has 0 radical (unpaired) electrons. The van der Waals surface area contributed by atoms with Crippen LogP contribution >= 0.6 is 39.5 Å². The van der Waals surface area contributed by atoms with Gasteiger partial charge in [-0.3, -0.25) is 0 Å². The fourth-order valence-corrected chi connectivity index (χ4v) is 6.20. The van der Waals surface area contributed by atoms with E-state index in [2.05, 4.69) is 40.2 Å². The summed E-state index contributed by atoms with van der Waals surface area (Å²) < 4.78 is 8.37. The zero-order valence-electron chi connectivity index (χ0n) is 19.2. The number of hydrogen-bond donors (Lipinski definition) is 1. The van der Waals surface area contributed by atoms with Gasteiger partial charge in [0, 0.05) is 20.3 Å². The molecule has 0 aromatic heterocycles. The summed E-state index contributed by atoms with van der Waals surface area (Å²) in [4.78, 5) is 14.2. The first-order valence-electron chi connectivity index (χ1n) is 11.5. The fourth-order valence-electron chi connectivity index (χ4n) is 4.46. The van der Waals surface area contributed by atoms with Gasteiger partial charge in [0.2, 0.25) is 0 Å². The van der Waals surface area contributed by atoms with E-state index in [1.165, 1.54) is 23.1 Å². The summed E-state index contributed by atoms with van der Waals surface area (Å²) in [6.45, 7) is 0.384. The lowest BCUT2D eigenvalue weighted by molar-refractivity contribution is 0.124. The molecule has 0 fully saturated rings. The molecule has 4 nitrogen and oxygen atoms in total. The van der Waals surface area contributed by atoms with Crippen LogP contribution in [-0.4, -0.2) is 22.1 Å². The lowest BCUT2D eigenvalue weighted by Gasteiger charge is -2.23. The summed E-state index contributed by atoms with van der Waals surface area (Å²) in [5.74, 6) is -0.0294. The molecule has 0 unspecified atom stereocenters. The van der Waals surface area contributed by atoms with Crippen molar-refractivity contribution < 1.29 is 14.6 Å². The molecule has 0 heterocycles. The van der Waals surface area contributed by atoms with Crippen molar-refractivity contribution in [3.63, 3.8) is 0 Å². The Morgan fingerprint density at radius 2 is 1.64 bits per heavy atom. The first-order valence-corrected chi connectivity index (χ1v) is 13.4. The molecule has 1 aliphatic rings. The van der Waals surface area contributed by atoms with Crippen molar-refractivity contribution in [3.05, 3.63) is 123 Å². The van der Waals surface area contributed by atoms with Crippen molar-refractivity contribution in [1.82, 2.24) is 4.31 Å². The Morgan fingerprint density at radius 1 is 0.944 bits per heavy atom. The molecule has 0 saturated heterocycles. The van der Waals surface area contributed by atoms with Crippen molar-refractivity contribution in [2.45, 2.75) is 24.0 Å². The number of aliphatic hydroxyl groups excluding tert-OH is 1. The van der Waals surface area contributed by atoms with Crippen molar-refractivity contribution in [2.24, 2.45) is 0 Å². The molecular weight excluding hydrogens is 558 g/mol. The quantitative estimate of drug-likeness (QED) is 0.225. The van der Waals surface area contributed by atoms with Crippen LogP contribution in [0, 0.1) is 0 Å². The molecule has 1 N–H and O–H groups in total. The Morgan fingerprint density at radius 3 is 2.31 bits per heavy atom. The maximum atomic E-state index is 13.5. The number of ether oxygens (including phenoxy) is 1. The summed E-state index contributed by atoms with van der Waals surface area (Å²) in [6, 6.07) is 29.5. The number of aliphatic hydroxyl groups is 1. The summed E-state index contributed by atoms with van der Waals surface area (Å²) in [6.07, 6.45) is -0.453. The Balaban J connectivity index is 1.40. The van der Waals surface area contributed by atoms with Crippen molar-refractivity contribution in [1.29, 1.82) is 0 Å². The predicted octanol–water partition coefficient (Wildman–Crippen LogP) is 8.05. The Kier molecular flexibility index (Phi) is 7.67. The third-order valence-corrected chi connectivity index (χ3v) is 7.97. The average Bonchev–Trinajstić information content (AvgIpc) is 3.21. The minimum Gasteiger partial charge on any atom is -0.448 e. The van der Waals surface area contributed by atoms with Crippen LogP contribution in [0.2, 0.25) is 5.02 Å². The highest BCUT2D eigenvalue weighted by molar-refractivity contribution is 9.10. The Bertz CT molecular complexity index is 1370. The second-order valence-corrected chi connectivity index (χ2v) is 10.9. The Hall–Kier alpha value is -2.77. The van der Waals surface area contributed by atoms with E-state index in [1.807, 2.05) is 60.7 Å². The highest BCUT2D eigenvalue weighted by Gasteiger charge is 2.30. The molecule has 0 saturated carbocycles. The smallest absolute Gasteiger partial charge is 0.420 e. The number of carbonyl (C=O) groups is 1. The van der Waals surface area contributed by atoms with Crippen molar-refractivity contribution in [2.75, 3.05) is 6.61 Å². The van der Waals surface area contributed by atoms with E-state index in [9.17, 15) is 9.90 Å². The van der Waals surface area contributed by atoms with Crippen LogP contribution in [0.25, 0.3) is 11.1 Å². The molecular formula is C29H23BrClNO3S. The number of halogens is 2. The average molecular weight is 581 g/mol. The van der Waals surface area contributed by atoms with E-state index < -0.39 is 6.09 Å². The van der Waals surface area contributed by atoms with Gasteiger partial charge in [-0.25, -0.2) is 9.10 Å². The van der Waals surface area contributed by atoms with E-state index in [0.717, 1.165) is 31.6 Å². The number of carbonyl (C=O) groups excluding carboxylic acids is 1. The summed E-state index contributed by atoms with van der Waals surface area (Å²) in [7, 11) is 0. The van der Waals surface area contributed by atoms with Crippen LogP contribution in [0.15, 0.2) is 100 Å².